The number of pyridine rings is 1. The van der Waals surface area contributed by atoms with Crippen molar-refractivity contribution in [3.8, 4) is 0 Å². The molecule has 2 aromatic heterocycles. The van der Waals surface area contributed by atoms with Crippen LogP contribution in [0.3, 0.4) is 0 Å². The zero-order valence-electron chi connectivity index (χ0n) is 13.9. The Bertz CT molecular complexity index is 584. The van der Waals surface area contributed by atoms with Gasteiger partial charge in [-0.25, -0.2) is 0 Å². The Kier molecular flexibility index (Phi) is 5.77. The summed E-state index contributed by atoms with van der Waals surface area (Å²) in [6.07, 6.45) is 9.68. The van der Waals surface area contributed by atoms with Gasteiger partial charge in [0.1, 0.15) is 0 Å². The van der Waals surface area contributed by atoms with Gasteiger partial charge in [-0.1, -0.05) is 6.07 Å². The van der Waals surface area contributed by atoms with E-state index in [4.69, 9.17) is 4.74 Å². The molecule has 5 heteroatoms. The third kappa shape index (κ3) is 5.15. The number of aryl methyl sites for hydroxylation is 2. The number of piperidine rings is 1. The van der Waals surface area contributed by atoms with Crippen LogP contribution < -0.4 is 0 Å². The van der Waals surface area contributed by atoms with Crippen LogP contribution >= 0.6 is 0 Å². The van der Waals surface area contributed by atoms with Gasteiger partial charge >= 0.3 is 0 Å². The number of likely N-dealkylation sites (tertiary alicyclic amines) is 1. The normalized spacial score (nSPS) is 19.1. The van der Waals surface area contributed by atoms with Crippen LogP contribution in [-0.4, -0.2) is 45.4 Å². The second kappa shape index (κ2) is 8.22. The summed E-state index contributed by atoms with van der Waals surface area (Å²) in [4.78, 5) is 6.84. The lowest BCUT2D eigenvalue weighted by Crippen LogP contribution is -2.40. The first kappa shape index (κ1) is 16.1. The van der Waals surface area contributed by atoms with Crippen molar-refractivity contribution < 1.29 is 4.74 Å². The van der Waals surface area contributed by atoms with E-state index in [1.807, 2.05) is 35.3 Å². The molecule has 2 aromatic rings. The van der Waals surface area contributed by atoms with Crippen LogP contribution in [0.15, 0.2) is 36.8 Å². The van der Waals surface area contributed by atoms with Crippen molar-refractivity contribution in [1.29, 1.82) is 0 Å². The Morgan fingerprint density at radius 1 is 1.30 bits per heavy atom. The fourth-order valence-electron chi connectivity index (χ4n) is 3.08. The third-order valence-electron chi connectivity index (χ3n) is 4.28. The lowest BCUT2D eigenvalue weighted by Gasteiger charge is -2.32. The molecule has 0 unspecified atom stereocenters. The van der Waals surface area contributed by atoms with Crippen LogP contribution in [0.1, 0.15) is 30.5 Å². The Morgan fingerprint density at radius 3 is 3.04 bits per heavy atom. The van der Waals surface area contributed by atoms with Crippen LogP contribution in [0, 0.1) is 6.92 Å². The number of hydrogen-bond donors (Lipinski definition) is 0. The summed E-state index contributed by atoms with van der Waals surface area (Å²) in [5.74, 6) is 0. The van der Waals surface area contributed by atoms with Gasteiger partial charge in [0.15, 0.2) is 0 Å². The maximum Gasteiger partial charge on any atom is 0.0892 e. The molecule has 0 bridgehead atoms. The van der Waals surface area contributed by atoms with Gasteiger partial charge in [0.05, 0.1) is 24.6 Å². The smallest absolute Gasteiger partial charge is 0.0892 e. The Balaban J connectivity index is 1.37. The summed E-state index contributed by atoms with van der Waals surface area (Å²) >= 11 is 0. The van der Waals surface area contributed by atoms with E-state index in [1.54, 1.807) is 0 Å². The maximum atomic E-state index is 6.05. The highest BCUT2D eigenvalue weighted by atomic mass is 16.5. The minimum Gasteiger partial charge on any atom is -0.371 e. The van der Waals surface area contributed by atoms with Crippen LogP contribution in [0.2, 0.25) is 0 Å². The number of ether oxygens (including phenoxy) is 1. The number of nitrogens with zero attached hydrogens (tertiary/aromatic N) is 4. The van der Waals surface area contributed by atoms with E-state index in [1.165, 1.54) is 18.5 Å². The molecule has 0 saturated carbocycles. The summed E-state index contributed by atoms with van der Waals surface area (Å²) < 4.78 is 8.08. The minimum atomic E-state index is 0.331. The van der Waals surface area contributed by atoms with Crippen LogP contribution in [0.5, 0.6) is 0 Å². The molecule has 1 fully saturated rings. The average Bonchev–Trinajstić information content (AvgIpc) is 3.00. The molecule has 1 atom stereocenters. The summed E-state index contributed by atoms with van der Waals surface area (Å²) in [6.45, 7) is 7.02. The molecule has 0 N–H and O–H groups in total. The van der Waals surface area contributed by atoms with E-state index in [2.05, 4.69) is 28.1 Å². The third-order valence-corrected chi connectivity index (χ3v) is 4.28. The van der Waals surface area contributed by atoms with Crippen LogP contribution in [0.4, 0.5) is 0 Å². The highest BCUT2D eigenvalue weighted by molar-refractivity contribution is 5.02. The van der Waals surface area contributed by atoms with Crippen molar-refractivity contribution in [2.75, 3.05) is 19.6 Å². The molecular weight excluding hydrogens is 288 g/mol. The van der Waals surface area contributed by atoms with Gasteiger partial charge in [-0.05, 0) is 57.0 Å². The van der Waals surface area contributed by atoms with Gasteiger partial charge in [0.2, 0.25) is 0 Å². The van der Waals surface area contributed by atoms with Crippen LogP contribution in [0.25, 0.3) is 0 Å². The lowest BCUT2D eigenvalue weighted by atomic mass is 10.1. The number of hydrogen-bond acceptors (Lipinski definition) is 4. The topological polar surface area (TPSA) is 43.2 Å². The van der Waals surface area contributed by atoms with Gasteiger partial charge in [-0.2, -0.15) is 5.10 Å². The molecule has 0 aliphatic carbocycles. The van der Waals surface area contributed by atoms with Crippen LogP contribution in [-0.2, 0) is 17.9 Å². The quantitative estimate of drug-likeness (QED) is 0.788. The number of rotatable bonds is 7. The zero-order valence-corrected chi connectivity index (χ0v) is 13.9. The van der Waals surface area contributed by atoms with Gasteiger partial charge in [-0.15, -0.1) is 0 Å². The van der Waals surface area contributed by atoms with E-state index in [-0.39, 0.29) is 0 Å². The molecule has 1 aliphatic rings. The minimum absolute atomic E-state index is 0.331. The lowest BCUT2D eigenvalue weighted by molar-refractivity contribution is -0.0116. The van der Waals surface area contributed by atoms with E-state index < -0.39 is 0 Å². The number of aromatic nitrogens is 3. The maximum absolute atomic E-state index is 6.05. The first-order valence-corrected chi connectivity index (χ1v) is 8.52. The molecule has 3 rings (SSSR count). The van der Waals surface area contributed by atoms with Gasteiger partial charge in [-0.3, -0.25) is 9.67 Å². The first-order chi connectivity index (χ1) is 11.3. The van der Waals surface area contributed by atoms with E-state index in [0.29, 0.717) is 12.7 Å². The summed E-state index contributed by atoms with van der Waals surface area (Å²) in [5.41, 5.74) is 2.24. The Labute approximate surface area is 138 Å². The predicted molar refractivity (Wildman–Crippen MR) is 90.1 cm³/mol. The molecule has 1 aliphatic heterocycles. The summed E-state index contributed by atoms with van der Waals surface area (Å²) in [5, 5.41) is 4.34. The first-order valence-electron chi connectivity index (χ1n) is 8.52. The Morgan fingerprint density at radius 2 is 2.26 bits per heavy atom. The van der Waals surface area contributed by atoms with E-state index >= 15 is 0 Å². The van der Waals surface area contributed by atoms with Crippen molar-refractivity contribution in [1.82, 2.24) is 19.7 Å². The van der Waals surface area contributed by atoms with Gasteiger partial charge in [0, 0.05) is 25.5 Å². The fourth-order valence-corrected chi connectivity index (χ4v) is 3.08. The summed E-state index contributed by atoms with van der Waals surface area (Å²) in [6, 6.07) is 5.97. The van der Waals surface area contributed by atoms with E-state index in [9.17, 15) is 0 Å². The molecule has 0 spiro atoms. The second-order valence-electron chi connectivity index (χ2n) is 6.33. The van der Waals surface area contributed by atoms with Crippen molar-refractivity contribution in [3.63, 3.8) is 0 Å². The second-order valence-corrected chi connectivity index (χ2v) is 6.33. The van der Waals surface area contributed by atoms with Gasteiger partial charge < -0.3 is 9.64 Å². The fraction of sp³-hybridized carbons (Fsp3) is 0.556. The molecule has 0 aromatic carbocycles. The molecule has 0 amide bonds. The standard InChI is InChI=1S/C18H26N4O/c1-16-12-20-22(13-16)11-5-10-21-9-4-7-18(14-21)23-15-17-6-2-3-8-19-17/h2-3,6,8,12-13,18H,4-5,7,9-11,14-15H2,1H3/t18-/m1/s1. The predicted octanol–water partition coefficient (Wildman–Crippen LogP) is 2.66. The highest BCUT2D eigenvalue weighted by Crippen LogP contribution is 2.15. The SMILES string of the molecule is Cc1cnn(CCCN2CCC[C@@H](OCc3ccccn3)C2)c1. The highest BCUT2D eigenvalue weighted by Gasteiger charge is 2.20. The molecule has 5 nitrogen and oxygen atoms in total. The molecular formula is C18H26N4O. The van der Waals surface area contributed by atoms with Crippen molar-refractivity contribution in [2.45, 2.75) is 45.4 Å². The zero-order chi connectivity index (χ0) is 15.9. The van der Waals surface area contributed by atoms with Crippen molar-refractivity contribution in [2.24, 2.45) is 0 Å². The van der Waals surface area contributed by atoms with Gasteiger partial charge in [0.25, 0.3) is 0 Å². The molecule has 3 heterocycles. The largest absolute Gasteiger partial charge is 0.371 e. The molecule has 0 radical (unpaired) electrons. The van der Waals surface area contributed by atoms with Crippen molar-refractivity contribution >= 4 is 0 Å². The Hall–Kier alpha value is -1.72. The van der Waals surface area contributed by atoms with E-state index in [0.717, 1.165) is 38.2 Å². The molecule has 1 saturated heterocycles. The summed E-state index contributed by atoms with van der Waals surface area (Å²) in [7, 11) is 0. The van der Waals surface area contributed by atoms with Crippen molar-refractivity contribution in [3.05, 3.63) is 48.0 Å². The molecule has 124 valence electrons. The molecule has 23 heavy (non-hydrogen) atoms. The average molecular weight is 314 g/mol. The monoisotopic (exact) mass is 314 g/mol.